The van der Waals surface area contributed by atoms with E-state index in [4.69, 9.17) is 11.6 Å². The van der Waals surface area contributed by atoms with Crippen LogP contribution in [0.5, 0.6) is 0 Å². The molecule has 0 aliphatic rings. The van der Waals surface area contributed by atoms with Crippen LogP contribution in [0, 0.1) is 0 Å². The zero-order chi connectivity index (χ0) is 21.9. The Morgan fingerprint density at radius 1 is 0.677 bits per heavy atom. The molecule has 0 aliphatic carbocycles. The van der Waals surface area contributed by atoms with E-state index in [9.17, 15) is 0 Å². The number of rotatable bonds is 12. The van der Waals surface area contributed by atoms with Crippen LogP contribution in [0.2, 0.25) is 0 Å². The molecule has 3 rings (SSSR count). The summed E-state index contributed by atoms with van der Waals surface area (Å²) in [7, 11) is 0. The summed E-state index contributed by atoms with van der Waals surface area (Å²) < 4.78 is 0. The van der Waals surface area contributed by atoms with Gasteiger partial charge in [-0.05, 0) is 47.9 Å². The van der Waals surface area contributed by atoms with E-state index in [0.29, 0.717) is 0 Å². The fourth-order valence-corrected chi connectivity index (χ4v) is 4.12. The van der Waals surface area contributed by atoms with E-state index < -0.39 is 0 Å². The molecule has 1 atom stereocenters. The quantitative estimate of drug-likeness (QED) is 0.212. The van der Waals surface area contributed by atoms with Crippen LogP contribution in [0.15, 0.2) is 60.9 Å². The maximum absolute atomic E-state index is 6.73. The van der Waals surface area contributed by atoms with Crippen molar-refractivity contribution in [3.8, 4) is 11.1 Å². The summed E-state index contributed by atoms with van der Waals surface area (Å²) in [6, 6.07) is 17.5. The molecule has 1 aromatic heterocycles. The Morgan fingerprint density at radius 2 is 1.26 bits per heavy atom. The molecule has 2 nitrogen and oxygen atoms in total. The first-order valence-electron chi connectivity index (χ1n) is 11.8. The van der Waals surface area contributed by atoms with Gasteiger partial charge in [-0.1, -0.05) is 88.1 Å². The van der Waals surface area contributed by atoms with Gasteiger partial charge in [-0.15, -0.1) is 11.6 Å². The Balaban J connectivity index is 1.55. The van der Waals surface area contributed by atoms with Crippen molar-refractivity contribution in [2.45, 2.75) is 77.0 Å². The fraction of sp³-hybridized carbons (Fsp3) is 0.429. The van der Waals surface area contributed by atoms with Crippen LogP contribution in [0.4, 0.5) is 0 Å². The number of alkyl halides is 1. The van der Waals surface area contributed by atoms with Gasteiger partial charge in [0.15, 0.2) is 0 Å². The van der Waals surface area contributed by atoms with Gasteiger partial charge in [-0.25, -0.2) is 9.97 Å². The van der Waals surface area contributed by atoms with Gasteiger partial charge in [0.1, 0.15) is 5.82 Å². The molecule has 0 N–H and O–H groups in total. The summed E-state index contributed by atoms with van der Waals surface area (Å²) in [5, 5.41) is -0.0127. The van der Waals surface area contributed by atoms with Gasteiger partial charge < -0.3 is 0 Å². The minimum absolute atomic E-state index is 0.0127. The van der Waals surface area contributed by atoms with E-state index in [0.717, 1.165) is 42.6 Å². The fourth-order valence-electron chi connectivity index (χ4n) is 3.80. The maximum atomic E-state index is 6.73. The molecule has 0 saturated carbocycles. The van der Waals surface area contributed by atoms with Crippen LogP contribution in [-0.4, -0.2) is 9.97 Å². The van der Waals surface area contributed by atoms with Crippen molar-refractivity contribution in [3.05, 3.63) is 83.4 Å². The second-order valence-corrected chi connectivity index (χ2v) is 8.94. The van der Waals surface area contributed by atoms with Gasteiger partial charge in [0.2, 0.25) is 0 Å². The molecule has 164 valence electrons. The largest absolute Gasteiger partial charge is 0.241 e. The van der Waals surface area contributed by atoms with Crippen molar-refractivity contribution in [1.29, 1.82) is 0 Å². The van der Waals surface area contributed by atoms with Crippen LogP contribution >= 0.6 is 11.6 Å². The molecule has 3 aromatic rings. The summed E-state index contributed by atoms with van der Waals surface area (Å²) in [5.74, 6) is 0.940. The topological polar surface area (TPSA) is 25.8 Å². The number of aryl methyl sites for hydroxylation is 2. The number of hydrogen-bond donors (Lipinski definition) is 0. The monoisotopic (exact) mass is 434 g/mol. The average molecular weight is 435 g/mol. The Kier molecular flexibility index (Phi) is 9.55. The van der Waals surface area contributed by atoms with Crippen molar-refractivity contribution in [2.75, 3.05) is 0 Å². The highest BCUT2D eigenvalue weighted by molar-refractivity contribution is 6.20. The first kappa shape index (κ1) is 23.5. The van der Waals surface area contributed by atoms with E-state index in [1.165, 1.54) is 48.8 Å². The lowest BCUT2D eigenvalue weighted by molar-refractivity contribution is 0.693. The van der Waals surface area contributed by atoms with Crippen molar-refractivity contribution in [2.24, 2.45) is 0 Å². The van der Waals surface area contributed by atoms with Crippen LogP contribution in [0.25, 0.3) is 11.1 Å². The number of unbranched alkanes of at least 4 members (excludes halogenated alkanes) is 4. The summed E-state index contributed by atoms with van der Waals surface area (Å²) >= 11 is 6.73. The van der Waals surface area contributed by atoms with Gasteiger partial charge in [0, 0.05) is 24.4 Å². The molecule has 0 radical (unpaired) electrons. The molecule has 1 unspecified atom stereocenters. The Morgan fingerprint density at radius 3 is 1.87 bits per heavy atom. The van der Waals surface area contributed by atoms with Gasteiger partial charge in [0.25, 0.3) is 0 Å². The molecule has 3 heteroatoms. The molecule has 1 heterocycles. The number of aromatic nitrogens is 2. The first-order valence-corrected chi connectivity index (χ1v) is 12.3. The van der Waals surface area contributed by atoms with E-state index >= 15 is 0 Å². The molecule has 0 aliphatic heterocycles. The zero-order valence-electron chi connectivity index (χ0n) is 19.0. The second-order valence-electron chi connectivity index (χ2n) is 8.41. The van der Waals surface area contributed by atoms with Crippen LogP contribution in [0.1, 0.15) is 80.3 Å². The van der Waals surface area contributed by atoms with Crippen LogP contribution in [-0.2, 0) is 19.3 Å². The second kappa shape index (κ2) is 12.6. The molecule has 0 fully saturated rings. The molecule has 0 spiro atoms. The van der Waals surface area contributed by atoms with E-state index in [1.807, 2.05) is 12.4 Å². The summed E-state index contributed by atoms with van der Waals surface area (Å²) in [6.07, 6.45) is 14.3. The molecule has 0 bridgehead atoms. The van der Waals surface area contributed by atoms with Crippen molar-refractivity contribution >= 4 is 11.6 Å². The third-order valence-electron chi connectivity index (χ3n) is 5.82. The zero-order valence-corrected chi connectivity index (χ0v) is 19.7. The molecular weight excluding hydrogens is 400 g/mol. The molecule has 0 saturated heterocycles. The van der Waals surface area contributed by atoms with Gasteiger partial charge >= 0.3 is 0 Å². The number of nitrogens with zero attached hydrogens (tertiary/aromatic N) is 2. The third kappa shape index (κ3) is 7.47. The van der Waals surface area contributed by atoms with Crippen LogP contribution in [0.3, 0.4) is 0 Å². The van der Waals surface area contributed by atoms with Crippen molar-refractivity contribution < 1.29 is 0 Å². The van der Waals surface area contributed by atoms with E-state index in [-0.39, 0.29) is 5.38 Å². The lowest BCUT2D eigenvalue weighted by Crippen LogP contribution is -1.97. The highest BCUT2D eigenvalue weighted by Crippen LogP contribution is 2.27. The predicted octanol–water partition coefficient (Wildman–Crippen LogP) is 8.13. The number of hydrogen-bond acceptors (Lipinski definition) is 2. The lowest BCUT2D eigenvalue weighted by Gasteiger charge is -2.12. The van der Waals surface area contributed by atoms with Crippen LogP contribution < -0.4 is 0 Å². The normalized spacial score (nSPS) is 12.1. The smallest absolute Gasteiger partial charge is 0.128 e. The molecular formula is C28H35ClN2. The Bertz CT molecular complexity index is 886. The highest BCUT2D eigenvalue weighted by atomic mass is 35.5. The van der Waals surface area contributed by atoms with Gasteiger partial charge in [-0.3, -0.25) is 0 Å². The summed E-state index contributed by atoms with van der Waals surface area (Å²) in [6.45, 7) is 4.46. The maximum Gasteiger partial charge on any atom is 0.128 e. The summed E-state index contributed by atoms with van der Waals surface area (Å²) in [5.41, 5.74) is 6.05. The first-order chi connectivity index (χ1) is 15.2. The third-order valence-corrected chi connectivity index (χ3v) is 6.23. The standard InChI is InChI=1S/C28H35ClN2/c1-3-5-7-9-22-11-17-25(18-12-22)27(29)19-23-13-15-24(16-14-23)26-20-30-28(31-21-26)10-8-6-4-2/h11-18,20-21,27H,3-10,19H2,1-2H3. The van der Waals surface area contributed by atoms with Gasteiger partial charge in [0.05, 0.1) is 5.38 Å². The van der Waals surface area contributed by atoms with Gasteiger partial charge in [-0.2, -0.15) is 0 Å². The number of benzene rings is 2. The Labute approximate surface area is 193 Å². The SMILES string of the molecule is CCCCCc1ccc(C(Cl)Cc2ccc(-c3cnc(CCCCC)nc3)cc2)cc1. The average Bonchev–Trinajstić information content (AvgIpc) is 2.81. The lowest BCUT2D eigenvalue weighted by atomic mass is 9.99. The summed E-state index contributed by atoms with van der Waals surface area (Å²) in [4.78, 5) is 9.07. The highest BCUT2D eigenvalue weighted by Gasteiger charge is 2.10. The minimum Gasteiger partial charge on any atom is -0.241 e. The van der Waals surface area contributed by atoms with E-state index in [1.54, 1.807) is 0 Å². The predicted molar refractivity (Wildman–Crippen MR) is 133 cm³/mol. The van der Waals surface area contributed by atoms with Crippen molar-refractivity contribution in [3.63, 3.8) is 0 Å². The van der Waals surface area contributed by atoms with Crippen molar-refractivity contribution in [1.82, 2.24) is 9.97 Å². The molecule has 31 heavy (non-hydrogen) atoms. The number of halogens is 1. The minimum atomic E-state index is -0.0127. The van der Waals surface area contributed by atoms with E-state index in [2.05, 4.69) is 72.3 Å². The molecule has 0 amide bonds. The molecule has 2 aromatic carbocycles. The Hall–Kier alpha value is -2.19.